The quantitative estimate of drug-likeness (QED) is 0.919. The lowest BCUT2D eigenvalue weighted by molar-refractivity contribution is 0.140. The number of hydrogen-bond acceptors (Lipinski definition) is 5. The van der Waals surface area contributed by atoms with Crippen LogP contribution >= 0.6 is 0 Å². The second-order valence-electron chi connectivity index (χ2n) is 6.93. The Labute approximate surface area is 148 Å². The lowest BCUT2D eigenvalue weighted by Gasteiger charge is -2.20. The smallest absolute Gasteiger partial charge is 0.161 e. The molecule has 0 saturated heterocycles. The van der Waals surface area contributed by atoms with Crippen LogP contribution in [-0.4, -0.2) is 32.5 Å². The van der Waals surface area contributed by atoms with Gasteiger partial charge in [0, 0.05) is 5.41 Å². The molecule has 1 heterocycles. The van der Waals surface area contributed by atoms with E-state index in [0.717, 1.165) is 0 Å². The van der Waals surface area contributed by atoms with Crippen molar-refractivity contribution in [1.29, 1.82) is 0 Å². The van der Waals surface area contributed by atoms with Crippen LogP contribution in [0.2, 0.25) is 0 Å². The zero-order valence-electron chi connectivity index (χ0n) is 15.0. The van der Waals surface area contributed by atoms with E-state index in [1.807, 2.05) is 24.3 Å². The molecule has 0 aromatic heterocycles. The van der Waals surface area contributed by atoms with E-state index in [1.165, 1.54) is 0 Å². The van der Waals surface area contributed by atoms with Gasteiger partial charge in [-0.2, -0.15) is 0 Å². The van der Waals surface area contributed by atoms with Crippen LogP contribution in [0.5, 0.6) is 23.0 Å². The average Bonchev–Trinajstić information content (AvgIpc) is 2.78. The number of fused-ring (bicyclic) bond motifs is 1. The number of benzene rings is 2. The molecule has 134 valence electrons. The summed E-state index contributed by atoms with van der Waals surface area (Å²) in [5.74, 6) is 2.46. The van der Waals surface area contributed by atoms with E-state index in [-0.39, 0.29) is 5.41 Å². The number of aliphatic hydroxyl groups is 1. The number of rotatable bonds is 4. The second kappa shape index (κ2) is 6.84. The lowest BCUT2D eigenvalue weighted by atomic mass is 9.97. The van der Waals surface area contributed by atoms with Gasteiger partial charge in [0.1, 0.15) is 17.6 Å². The van der Waals surface area contributed by atoms with Crippen LogP contribution in [0.4, 0.5) is 0 Å². The van der Waals surface area contributed by atoms with Crippen LogP contribution in [0.1, 0.15) is 31.1 Å². The first-order valence-electron chi connectivity index (χ1n) is 8.24. The molecule has 0 radical (unpaired) electrons. The first kappa shape index (κ1) is 17.4. The Hall–Kier alpha value is -2.40. The SMILES string of the molecule is COc1cccc(OC)c1[C@H](O)c1ccc2c(c1)OCC(C)(C)CO2. The Morgan fingerprint density at radius 2 is 1.56 bits per heavy atom. The molecular formula is C20H24O5. The summed E-state index contributed by atoms with van der Waals surface area (Å²) in [5.41, 5.74) is 1.20. The fraction of sp³-hybridized carbons (Fsp3) is 0.400. The van der Waals surface area contributed by atoms with E-state index in [1.54, 1.807) is 26.4 Å². The summed E-state index contributed by atoms with van der Waals surface area (Å²) in [6.07, 6.45) is -0.906. The number of aliphatic hydroxyl groups excluding tert-OH is 1. The third-order valence-electron chi connectivity index (χ3n) is 4.26. The van der Waals surface area contributed by atoms with Crippen molar-refractivity contribution in [3.8, 4) is 23.0 Å². The highest BCUT2D eigenvalue weighted by molar-refractivity contribution is 5.52. The van der Waals surface area contributed by atoms with Gasteiger partial charge in [-0.05, 0) is 29.8 Å². The van der Waals surface area contributed by atoms with Crippen LogP contribution in [0.3, 0.4) is 0 Å². The van der Waals surface area contributed by atoms with Gasteiger partial charge in [-0.25, -0.2) is 0 Å². The molecule has 0 unspecified atom stereocenters. The minimum atomic E-state index is -0.906. The van der Waals surface area contributed by atoms with Crippen LogP contribution in [0, 0.1) is 5.41 Å². The van der Waals surface area contributed by atoms with E-state index < -0.39 is 6.10 Å². The summed E-state index contributed by atoms with van der Waals surface area (Å²) in [6.45, 7) is 5.32. The van der Waals surface area contributed by atoms with Gasteiger partial charge in [0.05, 0.1) is 33.0 Å². The Morgan fingerprint density at radius 3 is 2.16 bits per heavy atom. The summed E-state index contributed by atoms with van der Waals surface area (Å²) in [6, 6.07) is 10.9. The Morgan fingerprint density at radius 1 is 0.960 bits per heavy atom. The maximum atomic E-state index is 10.9. The zero-order valence-corrected chi connectivity index (χ0v) is 15.0. The van der Waals surface area contributed by atoms with Crippen molar-refractivity contribution in [2.45, 2.75) is 20.0 Å². The molecule has 0 aliphatic carbocycles. The van der Waals surface area contributed by atoms with Crippen molar-refractivity contribution < 1.29 is 24.1 Å². The van der Waals surface area contributed by atoms with Crippen LogP contribution < -0.4 is 18.9 Å². The van der Waals surface area contributed by atoms with Gasteiger partial charge in [-0.1, -0.05) is 26.0 Å². The summed E-state index contributed by atoms with van der Waals surface area (Å²) in [7, 11) is 3.14. The predicted molar refractivity (Wildman–Crippen MR) is 94.8 cm³/mol. The largest absolute Gasteiger partial charge is 0.496 e. The molecule has 1 atom stereocenters. The Bertz CT molecular complexity index is 731. The van der Waals surface area contributed by atoms with Crippen molar-refractivity contribution in [2.75, 3.05) is 27.4 Å². The fourth-order valence-electron chi connectivity index (χ4n) is 2.83. The van der Waals surface area contributed by atoms with Crippen molar-refractivity contribution in [2.24, 2.45) is 5.41 Å². The Balaban J connectivity index is 1.98. The summed E-state index contributed by atoms with van der Waals surface area (Å²) in [4.78, 5) is 0. The minimum absolute atomic E-state index is 0.0658. The molecule has 0 amide bonds. The molecule has 0 fully saturated rings. The van der Waals surface area contributed by atoms with E-state index in [4.69, 9.17) is 18.9 Å². The minimum Gasteiger partial charge on any atom is -0.496 e. The monoisotopic (exact) mass is 344 g/mol. The molecular weight excluding hydrogens is 320 g/mol. The average molecular weight is 344 g/mol. The van der Waals surface area contributed by atoms with Gasteiger partial charge in [0.2, 0.25) is 0 Å². The van der Waals surface area contributed by atoms with Crippen molar-refractivity contribution in [3.05, 3.63) is 47.5 Å². The van der Waals surface area contributed by atoms with Crippen molar-refractivity contribution >= 4 is 0 Å². The highest BCUT2D eigenvalue weighted by Crippen LogP contribution is 2.41. The molecule has 1 aliphatic heterocycles. The molecule has 0 saturated carbocycles. The van der Waals surface area contributed by atoms with Crippen LogP contribution in [-0.2, 0) is 0 Å². The van der Waals surface area contributed by atoms with Gasteiger partial charge >= 0.3 is 0 Å². The zero-order chi connectivity index (χ0) is 18.0. The first-order chi connectivity index (χ1) is 11.9. The molecule has 2 aromatic rings. The molecule has 25 heavy (non-hydrogen) atoms. The topological polar surface area (TPSA) is 57.2 Å². The van der Waals surface area contributed by atoms with Crippen molar-refractivity contribution in [1.82, 2.24) is 0 Å². The Kier molecular flexibility index (Phi) is 4.77. The van der Waals surface area contributed by atoms with E-state index in [2.05, 4.69) is 13.8 Å². The van der Waals surface area contributed by atoms with E-state index in [9.17, 15) is 5.11 Å². The molecule has 5 heteroatoms. The van der Waals surface area contributed by atoms with Gasteiger partial charge in [0.25, 0.3) is 0 Å². The standard InChI is InChI=1S/C20H24O5/c1-20(2)11-24-14-9-8-13(10-17(14)25-12-20)19(21)18-15(22-3)6-5-7-16(18)23-4/h5-10,19,21H,11-12H2,1-4H3/t19-/m1/s1. The van der Waals surface area contributed by atoms with Gasteiger partial charge in [-0.3, -0.25) is 0 Å². The lowest BCUT2D eigenvalue weighted by Crippen LogP contribution is -2.26. The third kappa shape index (κ3) is 3.51. The van der Waals surface area contributed by atoms with Gasteiger partial charge < -0.3 is 24.1 Å². The fourth-order valence-corrected chi connectivity index (χ4v) is 2.83. The maximum Gasteiger partial charge on any atom is 0.161 e. The van der Waals surface area contributed by atoms with Crippen LogP contribution in [0.25, 0.3) is 0 Å². The van der Waals surface area contributed by atoms with Gasteiger partial charge in [-0.15, -0.1) is 0 Å². The third-order valence-corrected chi connectivity index (χ3v) is 4.26. The van der Waals surface area contributed by atoms with E-state index in [0.29, 0.717) is 47.3 Å². The molecule has 0 spiro atoms. The van der Waals surface area contributed by atoms with Crippen LogP contribution in [0.15, 0.2) is 36.4 Å². The molecule has 1 aliphatic rings. The number of methoxy groups -OCH3 is 2. The molecule has 1 N–H and O–H groups in total. The summed E-state index contributed by atoms with van der Waals surface area (Å²) < 4.78 is 22.5. The second-order valence-corrected chi connectivity index (χ2v) is 6.93. The number of hydrogen-bond donors (Lipinski definition) is 1. The molecule has 2 aromatic carbocycles. The predicted octanol–water partition coefficient (Wildman–Crippen LogP) is 3.58. The molecule has 0 bridgehead atoms. The highest BCUT2D eigenvalue weighted by atomic mass is 16.5. The highest BCUT2D eigenvalue weighted by Gasteiger charge is 2.27. The summed E-state index contributed by atoms with van der Waals surface area (Å²) >= 11 is 0. The van der Waals surface area contributed by atoms with Gasteiger partial charge in [0.15, 0.2) is 11.5 Å². The first-order valence-corrected chi connectivity index (χ1v) is 8.24. The maximum absolute atomic E-state index is 10.9. The molecule has 3 rings (SSSR count). The normalized spacial score (nSPS) is 16.7. The van der Waals surface area contributed by atoms with Crippen molar-refractivity contribution in [3.63, 3.8) is 0 Å². The molecule has 5 nitrogen and oxygen atoms in total. The summed E-state index contributed by atoms with van der Waals surface area (Å²) in [5, 5.41) is 10.9. The van der Waals surface area contributed by atoms with E-state index >= 15 is 0 Å². The number of ether oxygens (including phenoxy) is 4.